The van der Waals surface area contributed by atoms with Gasteiger partial charge in [-0.2, -0.15) is 0 Å². The minimum atomic E-state index is -0.912. The Morgan fingerprint density at radius 3 is 2.74 bits per heavy atom. The van der Waals surface area contributed by atoms with Crippen molar-refractivity contribution in [3.05, 3.63) is 75.7 Å². The van der Waals surface area contributed by atoms with E-state index in [0.717, 1.165) is 12.1 Å². The smallest absolute Gasteiger partial charge is 0.411 e. The summed E-state index contributed by atoms with van der Waals surface area (Å²) in [4.78, 5) is 47.1. The molecule has 4 amide bonds. The fourth-order valence-electron chi connectivity index (χ4n) is 5.01. The van der Waals surface area contributed by atoms with Crippen LogP contribution in [-0.4, -0.2) is 46.6 Å². The molecule has 0 aliphatic carbocycles. The number of nitrogens with zero attached hydrogens (tertiary/aromatic N) is 2. The minimum Gasteiger partial charge on any atom is -0.453 e. The summed E-state index contributed by atoms with van der Waals surface area (Å²) in [5.41, 5.74) is 1.24. The van der Waals surface area contributed by atoms with Crippen LogP contribution < -0.4 is 16.0 Å². The molecule has 42 heavy (non-hydrogen) atoms. The molecule has 1 aromatic heterocycles. The SMILES string of the molecule is COC(=O)Nc1ccc2c(c1)NC(=O)CCC=CCC(N1CCC(c3c(F)ccc(Cl)c3F)NC1=O)c1nc-2c(Cl)[nH]1. The topological polar surface area (TPSA) is 128 Å². The van der Waals surface area contributed by atoms with Gasteiger partial charge in [-0.25, -0.2) is 23.4 Å². The second-order valence-electron chi connectivity index (χ2n) is 9.71. The van der Waals surface area contributed by atoms with E-state index in [-0.39, 0.29) is 41.0 Å². The second kappa shape index (κ2) is 12.4. The third-order valence-corrected chi connectivity index (χ3v) is 7.63. The zero-order chi connectivity index (χ0) is 30.0. The summed E-state index contributed by atoms with van der Waals surface area (Å²) >= 11 is 12.5. The van der Waals surface area contributed by atoms with Gasteiger partial charge < -0.3 is 25.3 Å². The van der Waals surface area contributed by atoms with E-state index in [1.165, 1.54) is 12.0 Å². The molecule has 3 aromatic rings. The standard InChI is InChI=1S/C28H26Cl2F2N6O4/c1-42-28(41)33-14-7-8-15-19(13-14)34-21(39)6-4-2-3-5-20(26-36-24(15)25(30)37-26)38-12-11-18(35-27(38)40)22-17(31)10-9-16(29)23(22)32/h2-3,7-10,13,18,20H,4-6,11-12H2,1H3,(H,33,41)(H,34,39)(H,35,40)(H,36,37). The number of aromatic amines is 1. The maximum Gasteiger partial charge on any atom is 0.411 e. The number of hydrogen-bond donors (Lipinski definition) is 4. The van der Waals surface area contributed by atoms with Gasteiger partial charge in [0.15, 0.2) is 0 Å². The van der Waals surface area contributed by atoms with E-state index < -0.39 is 35.8 Å². The van der Waals surface area contributed by atoms with E-state index in [0.29, 0.717) is 41.3 Å². The van der Waals surface area contributed by atoms with Crippen molar-refractivity contribution in [3.8, 4) is 11.3 Å². The summed E-state index contributed by atoms with van der Waals surface area (Å²) in [5.74, 6) is -1.59. The molecule has 14 heteroatoms. The van der Waals surface area contributed by atoms with Crippen LogP contribution in [0.4, 0.5) is 29.7 Å². The van der Waals surface area contributed by atoms with Crippen molar-refractivity contribution in [3.63, 3.8) is 0 Å². The van der Waals surface area contributed by atoms with E-state index in [9.17, 15) is 23.2 Å². The number of amides is 4. The number of halogens is 4. The van der Waals surface area contributed by atoms with Crippen LogP contribution in [0.2, 0.25) is 10.2 Å². The highest BCUT2D eigenvalue weighted by Crippen LogP contribution is 2.38. The quantitative estimate of drug-likeness (QED) is 0.191. The zero-order valence-electron chi connectivity index (χ0n) is 22.3. The van der Waals surface area contributed by atoms with Crippen LogP contribution in [-0.2, 0) is 9.53 Å². The average Bonchev–Trinajstić information content (AvgIpc) is 3.34. The van der Waals surface area contributed by atoms with E-state index in [1.54, 1.807) is 18.2 Å². The number of nitrogens with one attached hydrogen (secondary N) is 4. The lowest BCUT2D eigenvalue weighted by Gasteiger charge is -2.37. The van der Waals surface area contributed by atoms with Gasteiger partial charge in [0.05, 0.1) is 29.9 Å². The molecular weight excluding hydrogens is 593 g/mol. The minimum absolute atomic E-state index is 0.160. The number of ether oxygens (including phenoxy) is 1. The number of anilines is 2. The number of imidazole rings is 1. The van der Waals surface area contributed by atoms with E-state index >= 15 is 0 Å². The molecule has 0 radical (unpaired) electrons. The molecule has 2 aliphatic heterocycles. The second-order valence-corrected chi connectivity index (χ2v) is 10.5. The van der Waals surface area contributed by atoms with Gasteiger partial charge in [-0.1, -0.05) is 35.4 Å². The number of aromatic nitrogens is 2. The van der Waals surface area contributed by atoms with Crippen LogP contribution in [0.3, 0.4) is 0 Å². The molecule has 2 aliphatic rings. The first-order valence-electron chi connectivity index (χ1n) is 13.1. The lowest BCUT2D eigenvalue weighted by Crippen LogP contribution is -2.49. The monoisotopic (exact) mass is 618 g/mol. The normalized spacial score (nSPS) is 19.0. The van der Waals surface area contributed by atoms with E-state index in [1.807, 2.05) is 12.2 Å². The summed E-state index contributed by atoms with van der Waals surface area (Å²) in [6, 6.07) is 4.94. The molecule has 10 nitrogen and oxygen atoms in total. The molecule has 1 fully saturated rings. The van der Waals surface area contributed by atoms with Gasteiger partial charge in [-0.3, -0.25) is 10.1 Å². The zero-order valence-corrected chi connectivity index (χ0v) is 23.8. The molecular formula is C28H26Cl2F2N6O4. The van der Waals surface area contributed by atoms with Crippen LogP contribution in [0.1, 0.15) is 49.2 Å². The Kier molecular flexibility index (Phi) is 8.64. The fraction of sp³-hybridized carbons (Fsp3) is 0.286. The number of methoxy groups -OCH3 is 1. The van der Waals surface area contributed by atoms with Crippen LogP contribution in [0, 0.1) is 11.6 Å². The highest BCUT2D eigenvalue weighted by atomic mass is 35.5. The Labute approximate surface area is 249 Å². The van der Waals surface area contributed by atoms with Crippen LogP contribution in [0.25, 0.3) is 11.3 Å². The third kappa shape index (κ3) is 6.04. The van der Waals surface area contributed by atoms with E-state index in [4.69, 9.17) is 28.2 Å². The number of benzene rings is 2. The number of allylic oxidation sites excluding steroid dienone is 1. The predicted octanol–water partition coefficient (Wildman–Crippen LogP) is 6.72. The lowest BCUT2D eigenvalue weighted by atomic mass is 9.99. The average molecular weight is 619 g/mol. The molecule has 220 valence electrons. The van der Waals surface area contributed by atoms with Gasteiger partial charge in [0.25, 0.3) is 0 Å². The summed E-state index contributed by atoms with van der Waals surface area (Å²) in [6.45, 7) is 0.160. The first kappa shape index (κ1) is 29.3. The van der Waals surface area contributed by atoms with Gasteiger partial charge in [-0.15, -0.1) is 0 Å². The van der Waals surface area contributed by atoms with Gasteiger partial charge in [0.2, 0.25) is 5.91 Å². The first-order chi connectivity index (χ1) is 20.2. The van der Waals surface area contributed by atoms with Crippen molar-refractivity contribution in [1.82, 2.24) is 20.2 Å². The number of fused-ring (bicyclic) bond motifs is 4. The van der Waals surface area contributed by atoms with Crippen molar-refractivity contribution >= 4 is 52.6 Å². The summed E-state index contributed by atoms with van der Waals surface area (Å²) < 4.78 is 33.9. The molecule has 2 bridgehead atoms. The van der Waals surface area contributed by atoms with E-state index in [2.05, 4.69) is 25.7 Å². The molecule has 2 unspecified atom stereocenters. The lowest BCUT2D eigenvalue weighted by molar-refractivity contribution is -0.116. The van der Waals surface area contributed by atoms with Crippen molar-refractivity contribution in [2.24, 2.45) is 0 Å². The predicted molar refractivity (Wildman–Crippen MR) is 153 cm³/mol. The van der Waals surface area contributed by atoms with Gasteiger partial charge in [0.1, 0.15) is 28.3 Å². The Bertz CT molecular complexity index is 1580. The summed E-state index contributed by atoms with van der Waals surface area (Å²) in [5, 5.41) is 8.04. The number of hydrogen-bond acceptors (Lipinski definition) is 5. The van der Waals surface area contributed by atoms with Gasteiger partial charge in [0, 0.05) is 29.8 Å². The highest BCUT2D eigenvalue weighted by molar-refractivity contribution is 6.32. The van der Waals surface area contributed by atoms with Crippen LogP contribution in [0.5, 0.6) is 0 Å². The largest absolute Gasteiger partial charge is 0.453 e. The van der Waals surface area contributed by atoms with Crippen LogP contribution in [0.15, 0.2) is 42.5 Å². The Morgan fingerprint density at radius 2 is 1.98 bits per heavy atom. The molecule has 0 spiro atoms. The highest BCUT2D eigenvalue weighted by Gasteiger charge is 2.36. The maximum atomic E-state index is 14.7. The molecule has 1 saturated heterocycles. The molecule has 4 N–H and O–H groups in total. The number of carbonyl (C=O) groups excluding carboxylic acids is 3. The number of urea groups is 1. The van der Waals surface area contributed by atoms with Gasteiger partial charge >= 0.3 is 12.1 Å². The molecule has 0 saturated carbocycles. The molecule has 2 atom stereocenters. The fourth-order valence-corrected chi connectivity index (χ4v) is 5.42. The number of carbonyl (C=O) groups is 3. The molecule has 2 aromatic carbocycles. The Balaban J connectivity index is 1.48. The maximum absolute atomic E-state index is 14.7. The molecule has 3 heterocycles. The molecule has 5 rings (SSSR count). The third-order valence-electron chi connectivity index (χ3n) is 7.06. The number of H-pyrrole nitrogens is 1. The number of rotatable bonds is 3. The van der Waals surface area contributed by atoms with Crippen molar-refractivity contribution in [1.29, 1.82) is 0 Å². The summed E-state index contributed by atoms with van der Waals surface area (Å²) in [6.07, 6.45) is 4.13. The Morgan fingerprint density at radius 1 is 1.17 bits per heavy atom. The summed E-state index contributed by atoms with van der Waals surface area (Å²) in [7, 11) is 1.24. The van der Waals surface area contributed by atoms with Crippen molar-refractivity contribution in [2.45, 2.75) is 37.8 Å². The first-order valence-corrected chi connectivity index (χ1v) is 13.8. The van der Waals surface area contributed by atoms with Crippen LogP contribution >= 0.6 is 23.2 Å². The Hall–Kier alpha value is -4.16. The van der Waals surface area contributed by atoms with Gasteiger partial charge in [-0.05, 0) is 49.6 Å². The van der Waals surface area contributed by atoms with Crippen molar-refractivity contribution in [2.75, 3.05) is 24.3 Å². The van der Waals surface area contributed by atoms with Crippen molar-refractivity contribution < 1.29 is 27.9 Å².